The van der Waals surface area contributed by atoms with Gasteiger partial charge in [0.1, 0.15) is 0 Å². The monoisotopic (exact) mass is 638 g/mol. The zero-order valence-corrected chi connectivity index (χ0v) is 27.5. The van der Waals surface area contributed by atoms with Crippen molar-refractivity contribution in [2.45, 2.75) is 12.0 Å². The van der Waals surface area contributed by atoms with E-state index in [1.807, 2.05) is 0 Å². The average Bonchev–Trinajstić information content (AvgIpc) is 3.71. The third-order valence-electron chi connectivity index (χ3n) is 10.6. The molecule has 0 saturated carbocycles. The van der Waals surface area contributed by atoms with Crippen LogP contribution in [-0.2, 0) is 0 Å². The molecule has 2 unspecified atom stereocenters. The van der Waals surface area contributed by atoms with Gasteiger partial charge in [-0.3, -0.25) is 0 Å². The van der Waals surface area contributed by atoms with Crippen LogP contribution >= 0.6 is 0 Å². The molecule has 0 N–H and O–H groups in total. The highest BCUT2D eigenvalue weighted by Crippen LogP contribution is 2.54. The number of rotatable bonds is 5. The summed E-state index contributed by atoms with van der Waals surface area (Å²) in [6, 6.07) is 66.3. The minimum atomic E-state index is 0.163. The maximum absolute atomic E-state index is 2.55. The first kappa shape index (κ1) is 28.6. The molecule has 7 aromatic carbocycles. The van der Waals surface area contributed by atoms with E-state index < -0.39 is 0 Å². The van der Waals surface area contributed by atoms with Crippen LogP contribution in [0.1, 0.15) is 22.7 Å². The Morgan fingerprint density at radius 1 is 0.440 bits per heavy atom. The van der Waals surface area contributed by atoms with Gasteiger partial charge in [-0.1, -0.05) is 152 Å². The van der Waals surface area contributed by atoms with E-state index in [-0.39, 0.29) is 12.0 Å². The molecule has 2 nitrogen and oxygen atoms in total. The van der Waals surface area contributed by atoms with Gasteiger partial charge in [0.05, 0.1) is 22.9 Å². The second kappa shape index (κ2) is 11.6. The van der Waals surface area contributed by atoms with Crippen LogP contribution in [0, 0.1) is 0 Å². The van der Waals surface area contributed by atoms with Crippen LogP contribution in [0.25, 0.3) is 56.0 Å². The maximum Gasteiger partial charge on any atom is 0.0637 e. The van der Waals surface area contributed by atoms with Crippen molar-refractivity contribution in [2.24, 2.45) is 0 Å². The number of fused-ring (bicyclic) bond motifs is 7. The number of nitrogens with zero attached hydrogens (tertiary/aromatic N) is 2. The molecule has 1 aliphatic heterocycles. The fourth-order valence-corrected chi connectivity index (χ4v) is 8.38. The second-order valence-corrected chi connectivity index (χ2v) is 13.3. The molecule has 0 amide bonds. The molecule has 8 aromatic rings. The lowest BCUT2D eigenvalue weighted by molar-refractivity contribution is 0.725. The van der Waals surface area contributed by atoms with E-state index in [4.69, 9.17) is 0 Å². The average molecular weight is 639 g/mol. The molecule has 0 radical (unpaired) electrons. The van der Waals surface area contributed by atoms with Gasteiger partial charge in [-0.15, -0.1) is 0 Å². The van der Waals surface area contributed by atoms with Crippen LogP contribution in [0.2, 0.25) is 0 Å². The van der Waals surface area contributed by atoms with Gasteiger partial charge >= 0.3 is 0 Å². The number of aromatic nitrogens is 1. The Bertz CT molecular complexity index is 2540. The third kappa shape index (κ3) is 4.49. The van der Waals surface area contributed by atoms with Gasteiger partial charge in [-0.25, -0.2) is 0 Å². The van der Waals surface area contributed by atoms with Crippen molar-refractivity contribution in [2.75, 3.05) is 4.90 Å². The summed E-state index contributed by atoms with van der Waals surface area (Å²) in [5.74, 6) is 0.198. The minimum Gasteiger partial charge on any atom is -0.333 e. The van der Waals surface area contributed by atoms with Crippen molar-refractivity contribution in [1.29, 1.82) is 0 Å². The fraction of sp³-hybridized carbons (Fsp3) is 0.0417. The predicted octanol–water partition coefficient (Wildman–Crippen LogP) is 12.3. The van der Waals surface area contributed by atoms with Gasteiger partial charge < -0.3 is 9.47 Å². The Balaban J connectivity index is 1.09. The number of hydrogen-bond donors (Lipinski definition) is 0. The molecule has 1 aliphatic carbocycles. The Hall–Kier alpha value is -6.38. The highest BCUT2D eigenvalue weighted by atomic mass is 15.2. The van der Waals surface area contributed by atoms with Crippen LogP contribution in [0.15, 0.2) is 188 Å². The predicted molar refractivity (Wildman–Crippen MR) is 209 cm³/mol. The minimum absolute atomic E-state index is 0.163. The topological polar surface area (TPSA) is 8.17 Å². The fourth-order valence-electron chi connectivity index (χ4n) is 8.38. The van der Waals surface area contributed by atoms with Gasteiger partial charge in [0.15, 0.2) is 0 Å². The third-order valence-corrected chi connectivity index (χ3v) is 10.6. The Kier molecular flexibility index (Phi) is 6.67. The van der Waals surface area contributed by atoms with Gasteiger partial charge in [0.2, 0.25) is 0 Å². The lowest BCUT2D eigenvalue weighted by atomic mass is 9.82. The quantitative estimate of drug-likeness (QED) is 0.182. The summed E-state index contributed by atoms with van der Waals surface area (Å²) in [7, 11) is 0. The molecule has 50 heavy (non-hydrogen) atoms. The van der Waals surface area contributed by atoms with E-state index in [1.54, 1.807) is 0 Å². The van der Waals surface area contributed by atoms with Crippen molar-refractivity contribution >= 4 is 28.4 Å². The summed E-state index contributed by atoms with van der Waals surface area (Å²) in [6.07, 6.45) is 4.81. The van der Waals surface area contributed by atoms with Crippen molar-refractivity contribution < 1.29 is 0 Å². The largest absolute Gasteiger partial charge is 0.333 e. The molecule has 10 rings (SSSR count). The molecule has 236 valence electrons. The number of anilines is 2. The van der Waals surface area contributed by atoms with Crippen LogP contribution in [0.3, 0.4) is 0 Å². The van der Waals surface area contributed by atoms with E-state index in [2.05, 4.69) is 204 Å². The first-order valence-corrected chi connectivity index (χ1v) is 17.4. The van der Waals surface area contributed by atoms with Gasteiger partial charge in [0.25, 0.3) is 0 Å². The Morgan fingerprint density at radius 3 is 1.82 bits per heavy atom. The van der Waals surface area contributed by atoms with Gasteiger partial charge in [-0.05, 0) is 81.4 Å². The van der Waals surface area contributed by atoms with Crippen LogP contribution in [0.4, 0.5) is 11.4 Å². The summed E-state index contributed by atoms with van der Waals surface area (Å²) in [4.78, 5) is 2.55. The molecule has 2 heteroatoms. The van der Waals surface area contributed by atoms with E-state index in [0.29, 0.717) is 0 Å². The number of benzene rings is 7. The highest BCUT2D eigenvalue weighted by molar-refractivity contribution is 5.95. The Morgan fingerprint density at radius 2 is 1.04 bits per heavy atom. The van der Waals surface area contributed by atoms with Crippen molar-refractivity contribution in [3.05, 3.63) is 205 Å². The zero-order valence-electron chi connectivity index (χ0n) is 27.5. The standard InChI is InChI=1S/C48H34N2/c1-3-14-33(15-4-1)36-18-13-19-37(32-36)34-26-28-38(29-27-34)49-43-24-11-8-21-40(43)47-45(49)30-31-46-48(47)41-22-9-12-25-44(41)50(46)42-23-10-7-20-39(42)35-16-5-2-6-17-35/h1-32,45,47H. The number of hydrogen-bond acceptors (Lipinski definition) is 1. The van der Waals surface area contributed by atoms with Gasteiger partial charge in [-0.2, -0.15) is 0 Å². The van der Waals surface area contributed by atoms with Gasteiger partial charge in [0, 0.05) is 28.2 Å². The second-order valence-electron chi connectivity index (χ2n) is 13.3. The molecule has 2 atom stereocenters. The van der Waals surface area contributed by atoms with Crippen LogP contribution in [-0.4, -0.2) is 10.6 Å². The lowest BCUT2D eigenvalue weighted by Crippen LogP contribution is -2.30. The zero-order chi connectivity index (χ0) is 33.0. The maximum atomic E-state index is 2.55. The van der Waals surface area contributed by atoms with Crippen molar-refractivity contribution in [1.82, 2.24) is 4.57 Å². The SMILES string of the molecule is C1=CC2C(c3ccccc3N2c2ccc(-c3cccc(-c4ccccc4)c3)cc2)c2c1n(-c1ccccc1-c1ccccc1)c1ccccc21. The van der Waals surface area contributed by atoms with Crippen molar-refractivity contribution in [3.8, 4) is 39.1 Å². The first-order valence-electron chi connectivity index (χ1n) is 17.4. The molecular formula is C48H34N2. The lowest BCUT2D eigenvalue weighted by Gasteiger charge is -2.31. The smallest absolute Gasteiger partial charge is 0.0637 e. The van der Waals surface area contributed by atoms with E-state index >= 15 is 0 Å². The van der Waals surface area contributed by atoms with E-state index in [0.717, 1.165) is 0 Å². The molecule has 2 aliphatic rings. The molecule has 0 saturated heterocycles. The van der Waals surface area contributed by atoms with E-state index in [9.17, 15) is 0 Å². The van der Waals surface area contributed by atoms with Crippen LogP contribution < -0.4 is 4.90 Å². The summed E-state index contributed by atoms with van der Waals surface area (Å²) in [6.45, 7) is 0. The summed E-state index contributed by atoms with van der Waals surface area (Å²) in [5, 5.41) is 1.31. The van der Waals surface area contributed by atoms with E-state index in [1.165, 1.54) is 78.2 Å². The Labute approximate surface area is 292 Å². The molecule has 0 spiro atoms. The highest BCUT2D eigenvalue weighted by Gasteiger charge is 2.43. The summed E-state index contributed by atoms with van der Waals surface area (Å²) >= 11 is 0. The molecular weight excluding hydrogens is 605 g/mol. The summed E-state index contributed by atoms with van der Waals surface area (Å²) in [5.41, 5.74) is 16.3. The summed E-state index contributed by atoms with van der Waals surface area (Å²) < 4.78 is 2.49. The molecule has 2 heterocycles. The molecule has 0 fully saturated rings. The first-order chi connectivity index (χ1) is 24.8. The van der Waals surface area contributed by atoms with Crippen LogP contribution in [0.5, 0.6) is 0 Å². The molecule has 1 aromatic heterocycles. The molecule has 0 bridgehead atoms. The van der Waals surface area contributed by atoms with Crippen molar-refractivity contribution in [3.63, 3.8) is 0 Å². The normalized spacial score (nSPS) is 15.9. The number of para-hydroxylation sites is 3.